The number of carbonyl (C=O) groups excluding carboxylic acids is 2. The van der Waals surface area contributed by atoms with E-state index in [2.05, 4.69) is 0 Å². The summed E-state index contributed by atoms with van der Waals surface area (Å²) >= 11 is 1.86. The minimum absolute atomic E-state index is 0.116. The van der Waals surface area contributed by atoms with Crippen LogP contribution < -0.4 is 9.04 Å². The number of hydrogen-bond donors (Lipinski definition) is 1. The smallest absolute Gasteiger partial charge is 0.419 e. The lowest BCUT2D eigenvalue weighted by Gasteiger charge is -2.38. The SMILES string of the molecule is CCOC(=O)C(C[C@H]1CN(S(=O)(=O)c2ccc(F)c(C(F)(F)F)c2)c2cc(I)ccc2O1)(C(=O)O)C(=O)OCC. The minimum atomic E-state index is -5.20. The molecule has 0 saturated carbocycles. The van der Waals surface area contributed by atoms with E-state index in [9.17, 15) is 45.5 Å². The first-order valence-corrected chi connectivity index (χ1v) is 14.0. The predicted octanol–water partition coefficient (Wildman–Crippen LogP) is 3.99. The van der Waals surface area contributed by atoms with Crippen LogP contribution in [0.2, 0.25) is 0 Å². The average Bonchev–Trinajstić information content (AvgIpc) is 2.86. The van der Waals surface area contributed by atoms with E-state index in [4.69, 9.17) is 14.2 Å². The minimum Gasteiger partial charge on any atom is -0.486 e. The van der Waals surface area contributed by atoms with Crippen molar-refractivity contribution in [1.29, 1.82) is 0 Å². The quantitative estimate of drug-likeness (QED) is 0.178. The standard InChI is InChI=1S/C24H22F4INO9S/c1-3-37-21(33)23(20(31)32,22(34)38-4-2)11-14-12-30(18-9-13(29)5-8-19(18)39-14)40(35,36)15-6-7-17(25)16(10-15)24(26,27)28/h5-10,14H,3-4,11-12H2,1-2H3,(H,31,32)/t14-/m0/s1. The highest BCUT2D eigenvalue weighted by molar-refractivity contribution is 14.1. The fourth-order valence-corrected chi connectivity index (χ4v) is 5.99. The summed E-state index contributed by atoms with van der Waals surface area (Å²) in [6.07, 6.45) is -7.65. The molecule has 10 nitrogen and oxygen atoms in total. The molecule has 1 N–H and O–H groups in total. The van der Waals surface area contributed by atoms with Gasteiger partial charge in [-0.15, -0.1) is 0 Å². The number of carboxylic acid groups (broad SMARTS) is 1. The predicted molar refractivity (Wildman–Crippen MR) is 137 cm³/mol. The van der Waals surface area contributed by atoms with Gasteiger partial charge in [0, 0.05) is 9.99 Å². The highest BCUT2D eigenvalue weighted by atomic mass is 127. The van der Waals surface area contributed by atoms with E-state index >= 15 is 0 Å². The van der Waals surface area contributed by atoms with Gasteiger partial charge in [0.15, 0.2) is 0 Å². The molecule has 1 heterocycles. The van der Waals surface area contributed by atoms with Crippen molar-refractivity contribution in [2.24, 2.45) is 5.41 Å². The van der Waals surface area contributed by atoms with Crippen LogP contribution in [0.15, 0.2) is 41.3 Å². The molecule has 0 radical (unpaired) electrons. The maximum atomic E-state index is 13.9. The molecule has 0 saturated heterocycles. The summed E-state index contributed by atoms with van der Waals surface area (Å²) in [5.74, 6) is -6.70. The Balaban J connectivity index is 2.15. The first-order valence-electron chi connectivity index (χ1n) is 11.5. The molecule has 3 rings (SSSR count). The third-order valence-corrected chi connectivity index (χ3v) is 8.28. The molecule has 1 aliphatic heterocycles. The van der Waals surface area contributed by atoms with Crippen LogP contribution in [0.4, 0.5) is 23.2 Å². The molecule has 1 atom stereocenters. The molecule has 0 spiro atoms. The summed E-state index contributed by atoms with van der Waals surface area (Å²) < 4.78 is 97.8. The van der Waals surface area contributed by atoms with Crippen LogP contribution in [0.25, 0.3) is 0 Å². The van der Waals surface area contributed by atoms with Crippen molar-refractivity contribution in [3.8, 4) is 5.75 Å². The molecule has 2 aromatic rings. The summed E-state index contributed by atoms with van der Waals surface area (Å²) in [5, 5.41) is 9.98. The molecule has 0 amide bonds. The van der Waals surface area contributed by atoms with Crippen LogP contribution in [0, 0.1) is 14.8 Å². The number of aliphatic carboxylic acids is 1. The number of fused-ring (bicyclic) bond motifs is 1. The summed E-state index contributed by atoms with van der Waals surface area (Å²) in [6, 6.07) is 5.33. The third kappa shape index (κ3) is 5.96. The fourth-order valence-electron chi connectivity index (χ4n) is 3.99. The zero-order chi connectivity index (χ0) is 30.0. The summed E-state index contributed by atoms with van der Waals surface area (Å²) in [5.41, 5.74) is -4.88. The number of nitrogens with zero attached hydrogens (tertiary/aromatic N) is 1. The van der Waals surface area contributed by atoms with E-state index < -0.39 is 74.9 Å². The van der Waals surface area contributed by atoms with Gasteiger partial charge in [0.1, 0.15) is 17.7 Å². The Labute approximate surface area is 239 Å². The Morgan fingerprint density at radius 2 is 1.68 bits per heavy atom. The lowest BCUT2D eigenvalue weighted by molar-refractivity contribution is -0.183. The highest BCUT2D eigenvalue weighted by Gasteiger charge is 2.59. The largest absolute Gasteiger partial charge is 0.486 e. The zero-order valence-corrected chi connectivity index (χ0v) is 23.8. The molecule has 0 unspecified atom stereocenters. The molecule has 218 valence electrons. The number of carbonyl (C=O) groups is 3. The lowest BCUT2D eigenvalue weighted by Crippen LogP contribution is -2.54. The zero-order valence-electron chi connectivity index (χ0n) is 20.8. The molecular weight excluding hydrogens is 681 g/mol. The molecular formula is C24H22F4INO9S. The van der Waals surface area contributed by atoms with Gasteiger partial charge in [0.25, 0.3) is 15.4 Å². The Morgan fingerprint density at radius 3 is 2.20 bits per heavy atom. The number of halogens is 5. The molecule has 0 aromatic heterocycles. The van der Waals surface area contributed by atoms with Crippen molar-refractivity contribution in [2.45, 2.75) is 37.4 Å². The van der Waals surface area contributed by atoms with Crippen molar-refractivity contribution in [3.63, 3.8) is 0 Å². The van der Waals surface area contributed by atoms with E-state index in [0.29, 0.717) is 20.0 Å². The van der Waals surface area contributed by atoms with E-state index in [0.717, 1.165) is 0 Å². The van der Waals surface area contributed by atoms with Crippen molar-refractivity contribution in [3.05, 3.63) is 51.3 Å². The Bertz CT molecular complexity index is 1410. The fraction of sp³-hybridized carbons (Fsp3) is 0.375. The average molecular weight is 703 g/mol. The van der Waals surface area contributed by atoms with Crippen molar-refractivity contribution in [1.82, 2.24) is 0 Å². The number of ether oxygens (including phenoxy) is 3. The number of rotatable bonds is 9. The van der Waals surface area contributed by atoms with Crippen LogP contribution >= 0.6 is 22.6 Å². The molecule has 2 aromatic carbocycles. The van der Waals surface area contributed by atoms with Gasteiger partial charge in [0.2, 0.25) is 0 Å². The Hall–Kier alpha value is -3.15. The van der Waals surface area contributed by atoms with Crippen molar-refractivity contribution >= 4 is 56.2 Å². The number of carboxylic acids is 1. The second-order valence-corrected chi connectivity index (χ2v) is 11.5. The Morgan fingerprint density at radius 1 is 1.07 bits per heavy atom. The molecule has 0 aliphatic carbocycles. The van der Waals surface area contributed by atoms with Crippen LogP contribution in [0.1, 0.15) is 25.8 Å². The van der Waals surface area contributed by atoms with Crippen molar-refractivity contribution in [2.75, 3.05) is 24.1 Å². The molecule has 1 aliphatic rings. The van der Waals surface area contributed by atoms with E-state index in [1.165, 1.54) is 32.0 Å². The van der Waals surface area contributed by atoms with Gasteiger partial charge in [0.05, 0.1) is 35.9 Å². The van der Waals surface area contributed by atoms with Crippen LogP contribution in [-0.2, 0) is 40.1 Å². The van der Waals surface area contributed by atoms with Gasteiger partial charge in [-0.3, -0.25) is 18.7 Å². The first kappa shape index (κ1) is 31.4. The van der Waals surface area contributed by atoms with Crippen LogP contribution in [0.3, 0.4) is 0 Å². The molecule has 40 heavy (non-hydrogen) atoms. The summed E-state index contributed by atoms with van der Waals surface area (Å²) in [6.45, 7) is 1.41. The van der Waals surface area contributed by atoms with Gasteiger partial charge in [-0.25, -0.2) is 12.8 Å². The van der Waals surface area contributed by atoms with Gasteiger partial charge in [-0.05, 0) is 72.8 Å². The Kier molecular flexibility index (Phi) is 9.22. The third-order valence-electron chi connectivity index (χ3n) is 5.83. The first-order chi connectivity index (χ1) is 18.6. The van der Waals surface area contributed by atoms with Crippen molar-refractivity contribution < 1.29 is 59.7 Å². The van der Waals surface area contributed by atoms with E-state index in [-0.39, 0.29) is 30.7 Å². The molecule has 16 heteroatoms. The number of anilines is 1. The van der Waals surface area contributed by atoms with Gasteiger partial charge in [-0.1, -0.05) is 0 Å². The molecule has 0 bridgehead atoms. The van der Waals surface area contributed by atoms with E-state index in [1.54, 1.807) is 0 Å². The topological polar surface area (TPSA) is 137 Å². The summed E-state index contributed by atoms with van der Waals surface area (Å²) in [4.78, 5) is 37.1. The normalized spacial score (nSPS) is 15.6. The second-order valence-electron chi connectivity index (χ2n) is 8.38. The monoisotopic (exact) mass is 703 g/mol. The second kappa shape index (κ2) is 11.8. The number of alkyl halides is 3. The number of sulfonamides is 1. The maximum absolute atomic E-state index is 13.9. The van der Waals surface area contributed by atoms with Gasteiger partial charge in [-0.2, -0.15) is 13.2 Å². The number of hydrogen-bond acceptors (Lipinski definition) is 8. The van der Waals surface area contributed by atoms with Gasteiger partial charge >= 0.3 is 24.1 Å². The molecule has 0 fully saturated rings. The number of esters is 2. The van der Waals surface area contributed by atoms with E-state index in [1.807, 2.05) is 22.6 Å². The maximum Gasteiger partial charge on any atom is 0.419 e. The lowest BCUT2D eigenvalue weighted by atomic mass is 9.81. The van der Waals surface area contributed by atoms with Crippen LogP contribution in [-0.4, -0.2) is 57.3 Å². The number of benzene rings is 2. The summed E-state index contributed by atoms with van der Waals surface area (Å²) in [7, 11) is -4.86. The van der Waals surface area contributed by atoms with Gasteiger partial charge < -0.3 is 19.3 Å². The van der Waals surface area contributed by atoms with Crippen LogP contribution in [0.5, 0.6) is 5.75 Å². The highest BCUT2D eigenvalue weighted by Crippen LogP contribution is 2.42.